The largest absolute Gasteiger partial charge is 0.490 e. The second kappa shape index (κ2) is 7.83. The molecule has 1 aromatic rings. The maximum Gasteiger partial charge on any atom is 0.125 e. The van der Waals surface area contributed by atoms with Crippen molar-refractivity contribution in [3.8, 4) is 18.1 Å². The monoisotopic (exact) mass is 261 g/mol. The van der Waals surface area contributed by atoms with Crippen LogP contribution in [-0.2, 0) is 0 Å². The molecule has 1 aromatic carbocycles. The van der Waals surface area contributed by atoms with Crippen molar-refractivity contribution in [1.82, 2.24) is 5.32 Å². The summed E-state index contributed by atoms with van der Waals surface area (Å²) < 4.78 is 5.69. The molecule has 1 rings (SSSR count). The van der Waals surface area contributed by atoms with Crippen LogP contribution < -0.4 is 10.1 Å². The number of aliphatic hydroxyl groups is 1. The Morgan fingerprint density at radius 2 is 2.00 bits per heavy atom. The van der Waals surface area contributed by atoms with Gasteiger partial charge >= 0.3 is 0 Å². The van der Waals surface area contributed by atoms with Crippen molar-refractivity contribution < 1.29 is 9.84 Å². The molecule has 0 fully saturated rings. The standard InChI is InChI=1S/C16H23NO2/c1-5-14(6-2)17-10-15(18)11-19-16-12(3)8-7-9-13(16)4/h1,7-9,14-15,17-18H,6,10-11H2,2-4H3. The normalized spacial score (nSPS) is 13.6. The molecule has 0 heterocycles. The lowest BCUT2D eigenvalue weighted by atomic mass is 10.1. The number of para-hydroxylation sites is 1. The minimum atomic E-state index is -0.568. The Balaban J connectivity index is 2.42. The van der Waals surface area contributed by atoms with Gasteiger partial charge in [-0.05, 0) is 31.4 Å². The fourth-order valence-electron chi connectivity index (χ4n) is 1.86. The number of aryl methyl sites for hydroxylation is 2. The highest BCUT2D eigenvalue weighted by Gasteiger charge is 2.10. The zero-order valence-corrected chi connectivity index (χ0v) is 11.9. The van der Waals surface area contributed by atoms with Crippen molar-refractivity contribution in [1.29, 1.82) is 0 Å². The first kappa shape index (κ1) is 15.6. The number of aliphatic hydroxyl groups excluding tert-OH is 1. The first-order valence-electron chi connectivity index (χ1n) is 6.65. The molecule has 19 heavy (non-hydrogen) atoms. The van der Waals surface area contributed by atoms with Crippen LogP contribution in [0.2, 0.25) is 0 Å². The number of rotatable bonds is 7. The van der Waals surface area contributed by atoms with E-state index in [9.17, 15) is 5.11 Å². The lowest BCUT2D eigenvalue weighted by Gasteiger charge is -2.17. The van der Waals surface area contributed by atoms with E-state index in [1.165, 1.54) is 0 Å². The molecule has 0 spiro atoms. The molecule has 0 saturated carbocycles. The summed E-state index contributed by atoms with van der Waals surface area (Å²) >= 11 is 0. The third kappa shape index (κ3) is 4.94. The Kier molecular flexibility index (Phi) is 6.41. The van der Waals surface area contributed by atoms with E-state index < -0.39 is 6.10 Å². The number of hydrogen-bond acceptors (Lipinski definition) is 3. The molecule has 104 valence electrons. The van der Waals surface area contributed by atoms with Crippen molar-refractivity contribution >= 4 is 0 Å². The summed E-state index contributed by atoms with van der Waals surface area (Å²) in [5.74, 6) is 3.49. The molecule has 0 radical (unpaired) electrons. The van der Waals surface area contributed by atoms with Crippen LogP contribution in [0.25, 0.3) is 0 Å². The van der Waals surface area contributed by atoms with E-state index in [1.54, 1.807) is 0 Å². The van der Waals surface area contributed by atoms with Gasteiger partial charge < -0.3 is 15.2 Å². The van der Waals surface area contributed by atoms with E-state index in [0.29, 0.717) is 6.54 Å². The predicted octanol–water partition coefficient (Wildman–Crippen LogP) is 2.04. The molecule has 0 bridgehead atoms. The van der Waals surface area contributed by atoms with Crippen LogP contribution in [0.5, 0.6) is 5.75 Å². The van der Waals surface area contributed by atoms with Crippen LogP contribution in [0.1, 0.15) is 24.5 Å². The van der Waals surface area contributed by atoms with Gasteiger partial charge in [-0.3, -0.25) is 0 Å². The first-order chi connectivity index (χ1) is 9.08. The van der Waals surface area contributed by atoms with E-state index in [1.807, 2.05) is 39.0 Å². The Morgan fingerprint density at radius 1 is 1.37 bits per heavy atom. The number of terminal acetylenes is 1. The molecular weight excluding hydrogens is 238 g/mol. The van der Waals surface area contributed by atoms with Gasteiger partial charge in [-0.15, -0.1) is 6.42 Å². The molecule has 0 aromatic heterocycles. The van der Waals surface area contributed by atoms with Crippen LogP contribution in [0.4, 0.5) is 0 Å². The molecule has 3 heteroatoms. The molecule has 2 N–H and O–H groups in total. The topological polar surface area (TPSA) is 41.5 Å². The van der Waals surface area contributed by atoms with Gasteiger partial charge in [-0.2, -0.15) is 0 Å². The average molecular weight is 261 g/mol. The summed E-state index contributed by atoms with van der Waals surface area (Å²) in [5, 5.41) is 13.0. The van der Waals surface area contributed by atoms with E-state index in [4.69, 9.17) is 11.2 Å². The van der Waals surface area contributed by atoms with Gasteiger partial charge in [0.1, 0.15) is 18.5 Å². The van der Waals surface area contributed by atoms with E-state index in [2.05, 4.69) is 11.2 Å². The molecule has 0 aliphatic heterocycles. The molecular formula is C16H23NO2. The van der Waals surface area contributed by atoms with Crippen molar-refractivity contribution in [3.05, 3.63) is 29.3 Å². The molecule has 0 amide bonds. The van der Waals surface area contributed by atoms with Crippen molar-refractivity contribution in [2.24, 2.45) is 0 Å². The first-order valence-corrected chi connectivity index (χ1v) is 6.65. The zero-order valence-electron chi connectivity index (χ0n) is 11.9. The van der Waals surface area contributed by atoms with Crippen LogP contribution in [-0.4, -0.2) is 30.4 Å². The molecule has 0 aliphatic rings. The van der Waals surface area contributed by atoms with Crippen LogP contribution in [0.15, 0.2) is 18.2 Å². The summed E-state index contributed by atoms with van der Waals surface area (Å²) in [6, 6.07) is 6.00. The summed E-state index contributed by atoms with van der Waals surface area (Å²) in [5.41, 5.74) is 2.16. The smallest absolute Gasteiger partial charge is 0.125 e. The minimum Gasteiger partial charge on any atom is -0.490 e. The van der Waals surface area contributed by atoms with Gasteiger partial charge in [0.25, 0.3) is 0 Å². The number of benzene rings is 1. The van der Waals surface area contributed by atoms with Gasteiger partial charge in [0.15, 0.2) is 0 Å². The second-order valence-corrected chi connectivity index (χ2v) is 4.72. The molecule has 2 unspecified atom stereocenters. The lowest BCUT2D eigenvalue weighted by molar-refractivity contribution is 0.104. The van der Waals surface area contributed by atoms with Crippen molar-refractivity contribution in [2.75, 3.05) is 13.2 Å². The summed E-state index contributed by atoms with van der Waals surface area (Å²) in [6.45, 7) is 6.71. The van der Waals surface area contributed by atoms with Gasteiger partial charge in [-0.25, -0.2) is 0 Å². The maximum absolute atomic E-state index is 9.88. The van der Waals surface area contributed by atoms with Crippen LogP contribution >= 0.6 is 0 Å². The predicted molar refractivity (Wildman–Crippen MR) is 78.3 cm³/mol. The second-order valence-electron chi connectivity index (χ2n) is 4.72. The summed E-state index contributed by atoms with van der Waals surface area (Å²) in [4.78, 5) is 0. The van der Waals surface area contributed by atoms with Crippen LogP contribution in [0.3, 0.4) is 0 Å². The van der Waals surface area contributed by atoms with E-state index >= 15 is 0 Å². The van der Waals surface area contributed by atoms with E-state index in [-0.39, 0.29) is 12.6 Å². The molecule has 3 nitrogen and oxygen atoms in total. The Labute approximate surface area is 116 Å². The average Bonchev–Trinajstić information content (AvgIpc) is 2.39. The van der Waals surface area contributed by atoms with Gasteiger partial charge in [-0.1, -0.05) is 31.0 Å². The van der Waals surface area contributed by atoms with Gasteiger partial charge in [0, 0.05) is 6.54 Å². The third-order valence-corrected chi connectivity index (χ3v) is 3.04. The van der Waals surface area contributed by atoms with Crippen molar-refractivity contribution in [2.45, 2.75) is 39.3 Å². The minimum absolute atomic E-state index is 0.00912. The van der Waals surface area contributed by atoms with Crippen LogP contribution in [0, 0.1) is 26.2 Å². The maximum atomic E-state index is 9.88. The SMILES string of the molecule is C#CC(CC)NCC(O)COc1c(C)cccc1C. The number of nitrogens with one attached hydrogen (secondary N) is 1. The summed E-state index contributed by atoms with van der Waals surface area (Å²) in [7, 11) is 0. The highest BCUT2D eigenvalue weighted by Crippen LogP contribution is 2.22. The lowest BCUT2D eigenvalue weighted by Crippen LogP contribution is -2.37. The van der Waals surface area contributed by atoms with Gasteiger partial charge in [0.2, 0.25) is 0 Å². The molecule has 2 atom stereocenters. The molecule has 0 aliphatic carbocycles. The fourth-order valence-corrected chi connectivity index (χ4v) is 1.86. The highest BCUT2D eigenvalue weighted by molar-refractivity contribution is 5.39. The Bertz CT molecular complexity index is 417. The number of ether oxygens (including phenoxy) is 1. The fraction of sp³-hybridized carbons (Fsp3) is 0.500. The Morgan fingerprint density at radius 3 is 2.53 bits per heavy atom. The van der Waals surface area contributed by atoms with Crippen molar-refractivity contribution in [3.63, 3.8) is 0 Å². The quantitative estimate of drug-likeness (QED) is 0.738. The number of hydrogen-bond donors (Lipinski definition) is 2. The van der Waals surface area contributed by atoms with Gasteiger partial charge in [0.05, 0.1) is 6.04 Å². The summed E-state index contributed by atoms with van der Waals surface area (Å²) in [6.07, 6.45) is 5.63. The highest BCUT2D eigenvalue weighted by atomic mass is 16.5. The third-order valence-electron chi connectivity index (χ3n) is 3.04. The van der Waals surface area contributed by atoms with E-state index in [0.717, 1.165) is 23.3 Å². The Hall–Kier alpha value is -1.50. The zero-order chi connectivity index (χ0) is 14.3. The molecule has 0 saturated heterocycles.